The predicted octanol–water partition coefficient (Wildman–Crippen LogP) is 5.58. The molecule has 1 saturated carbocycles. The fraction of sp³-hybridized carbons (Fsp3) is 0.250. The summed E-state index contributed by atoms with van der Waals surface area (Å²) in [6.45, 7) is 4.33. The number of amides is 1. The van der Waals surface area contributed by atoms with E-state index in [0.717, 1.165) is 41.0 Å². The number of ether oxygens (including phenoxy) is 1. The van der Waals surface area contributed by atoms with E-state index in [4.69, 9.17) is 4.74 Å². The number of carbonyl (C=O) groups excluding carboxylic acids is 1. The third kappa shape index (κ3) is 5.41. The van der Waals surface area contributed by atoms with Gasteiger partial charge >= 0.3 is 0 Å². The summed E-state index contributed by atoms with van der Waals surface area (Å²) < 4.78 is 8.20. The van der Waals surface area contributed by atoms with Gasteiger partial charge in [-0.15, -0.1) is 10.2 Å². The van der Waals surface area contributed by atoms with E-state index in [1.807, 2.05) is 97.3 Å². The van der Waals surface area contributed by atoms with Crippen LogP contribution in [0, 0.1) is 13.8 Å². The fourth-order valence-corrected chi connectivity index (χ4v) is 5.06. The van der Waals surface area contributed by atoms with Gasteiger partial charge in [-0.2, -0.15) is 0 Å². The summed E-state index contributed by atoms with van der Waals surface area (Å²) >= 11 is 1.41. The number of hydrogen-bond donors (Lipinski definition) is 1. The van der Waals surface area contributed by atoms with Crippen molar-refractivity contribution in [2.45, 2.75) is 49.7 Å². The Morgan fingerprint density at radius 2 is 1.63 bits per heavy atom. The van der Waals surface area contributed by atoms with E-state index < -0.39 is 5.25 Å². The molecular formula is C28H28N4O2S. The van der Waals surface area contributed by atoms with Gasteiger partial charge in [0.1, 0.15) is 17.6 Å². The molecule has 178 valence electrons. The highest BCUT2D eigenvalue weighted by molar-refractivity contribution is 8.00. The predicted molar refractivity (Wildman–Crippen MR) is 138 cm³/mol. The molecule has 1 N–H and O–H groups in total. The van der Waals surface area contributed by atoms with Crippen molar-refractivity contribution in [3.05, 3.63) is 101 Å². The molecule has 1 amide bonds. The van der Waals surface area contributed by atoms with Crippen LogP contribution >= 0.6 is 11.8 Å². The summed E-state index contributed by atoms with van der Waals surface area (Å²) in [6, 6.07) is 26.2. The quantitative estimate of drug-likeness (QED) is 0.314. The Labute approximate surface area is 209 Å². The molecule has 1 atom stereocenters. The topological polar surface area (TPSA) is 69.0 Å². The summed E-state index contributed by atoms with van der Waals surface area (Å²) in [7, 11) is 0. The van der Waals surface area contributed by atoms with Crippen LogP contribution in [0.2, 0.25) is 0 Å². The molecule has 1 aliphatic carbocycles. The minimum Gasteiger partial charge on any atom is -0.485 e. The van der Waals surface area contributed by atoms with Crippen molar-refractivity contribution < 1.29 is 9.53 Å². The highest BCUT2D eigenvalue weighted by Crippen LogP contribution is 2.37. The number of benzene rings is 3. The number of hydrogen-bond acceptors (Lipinski definition) is 5. The summed E-state index contributed by atoms with van der Waals surface area (Å²) in [5.74, 6) is 1.53. The van der Waals surface area contributed by atoms with Crippen LogP contribution in [-0.2, 0) is 11.4 Å². The molecule has 0 bridgehead atoms. The van der Waals surface area contributed by atoms with Gasteiger partial charge in [0.05, 0.1) is 0 Å². The van der Waals surface area contributed by atoms with Gasteiger partial charge in [0.2, 0.25) is 5.91 Å². The van der Waals surface area contributed by atoms with Gasteiger partial charge in [0, 0.05) is 11.7 Å². The number of aromatic nitrogens is 3. The number of thioether (sulfide) groups is 1. The van der Waals surface area contributed by atoms with Gasteiger partial charge in [0.25, 0.3) is 0 Å². The molecule has 0 saturated heterocycles. The Morgan fingerprint density at radius 1 is 0.971 bits per heavy atom. The first-order chi connectivity index (χ1) is 17.1. The number of aryl methyl sites for hydroxylation is 2. The average molecular weight is 485 g/mol. The minimum atomic E-state index is -0.434. The SMILES string of the molecule is Cc1cccc(C)c1OCc1nnc(SC(C(=O)NC2CC2)c2ccccc2)n1-c1ccccc1. The van der Waals surface area contributed by atoms with Crippen LogP contribution in [0.15, 0.2) is 84.0 Å². The molecule has 1 aliphatic rings. The summed E-state index contributed by atoms with van der Waals surface area (Å²) in [5, 5.41) is 12.4. The Kier molecular flexibility index (Phi) is 6.86. The number of para-hydroxylation sites is 2. The van der Waals surface area contributed by atoms with Gasteiger partial charge in [0.15, 0.2) is 11.0 Å². The summed E-state index contributed by atoms with van der Waals surface area (Å²) in [4.78, 5) is 13.2. The van der Waals surface area contributed by atoms with Gasteiger partial charge in [-0.1, -0.05) is 78.5 Å². The van der Waals surface area contributed by atoms with E-state index in [0.29, 0.717) is 11.0 Å². The van der Waals surface area contributed by atoms with Crippen molar-refractivity contribution >= 4 is 17.7 Å². The van der Waals surface area contributed by atoms with Crippen LogP contribution in [0.5, 0.6) is 5.75 Å². The molecule has 1 unspecified atom stereocenters. The lowest BCUT2D eigenvalue weighted by Crippen LogP contribution is -2.30. The standard InChI is InChI=1S/C28H28N4O2S/c1-19-10-9-11-20(2)25(19)34-18-24-30-31-28(32(24)23-14-7-4-8-15-23)35-26(21-12-5-3-6-13-21)27(33)29-22-16-17-22/h3-15,22,26H,16-18H2,1-2H3,(H,29,33). The lowest BCUT2D eigenvalue weighted by molar-refractivity contribution is -0.120. The van der Waals surface area contributed by atoms with E-state index in [-0.39, 0.29) is 18.6 Å². The zero-order chi connectivity index (χ0) is 24.2. The molecule has 1 aromatic heterocycles. The van der Waals surface area contributed by atoms with Gasteiger partial charge < -0.3 is 10.1 Å². The maximum Gasteiger partial charge on any atom is 0.238 e. The van der Waals surface area contributed by atoms with Gasteiger partial charge in [-0.3, -0.25) is 9.36 Å². The molecule has 3 aromatic carbocycles. The summed E-state index contributed by atoms with van der Waals surface area (Å²) in [6.07, 6.45) is 2.08. The smallest absolute Gasteiger partial charge is 0.238 e. The third-order valence-corrected chi connectivity index (χ3v) is 7.15. The van der Waals surface area contributed by atoms with Crippen LogP contribution in [0.3, 0.4) is 0 Å². The molecule has 35 heavy (non-hydrogen) atoms. The zero-order valence-corrected chi connectivity index (χ0v) is 20.7. The largest absolute Gasteiger partial charge is 0.485 e. The van der Waals surface area contributed by atoms with Crippen LogP contribution in [0.4, 0.5) is 0 Å². The first-order valence-electron chi connectivity index (χ1n) is 11.8. The van der Waals surface area contributed by atoms with Crippen LogP contribution in [0.1, 0.15) is 40.6 Å². The molecule has 5 rings (SSSR count). The normalized spacial score (nSPS) is 13.9. The first-order valence-corrected chi connectivity index (χ1v) is 12.7. The van der Waals surface area contributed by atoms with Crippen LogP contribution in [0.25, 0.3) is 5.69 Å². The number of nitrogens with one attached hydrogen (secondary N) is 1. The third-order valence-electron chi connectivity index (χ3n) is 5.96. The molecule has 0 radical (unpaired) electrons. The second-order valence-electron chi connectivity index (χ2n) is 8.77. The highest BCUT2D eigenvalue weighted by Gasteiger charge is 2.31. The Hall–Kier alpha value is -3.58. The second-order valence-corrected chi connectivity index (χ2v) is 9.84. The second kappa shape index (κ2) is 10.4. The van der Waals surface area contributed by atoms with E-state index >= 15 is 0 Å². The molecule has 1 heterocycles. The lowest BCUT2D eigenvalue weighted by atomic mass is 10.1. The van der Waals surface area contributed by atoms with Gasteiger partial charge in [-0.25, -0.2) is 0 Å². The molecule has 4 aromatic rings. The van der Waals surface area contributed by atoms with E-state index in [1.54, 1.807) is 0 Å². The molecule has 0 aliphatic heterocycles. The molecule has 0 spiro atoms. The van der Waals surface area contributed by atoms with Crippen LogP contribution < -0.4 is 10.1 Å². The van der Waals surface area contributed by atoms with Crippen LogP contribution in [-0.4, -0.2) is 26.7 Å². The minimum absolute atomic E-state index is 0.000327. The number of nitrogens with zero attached hydrogens (tertiary/aromatic N) is 3. The lowest BCUT2D eigenvalue weighted by Gasteiger charge is -2.18. The molecule has 6 nitrogen and oxygen atoms in total. The van der Waals surface area contributed by atoms with Crippen molar-refractivity contribution in [3.8, 4) is 11.4 Å². The zero-order valence-electron chi connectivity index (χ0n) is 19.8. The van der Waals surface area contributed by atoms with Crippen molar-refractivity contribution in [2.24, 2.45) is 0 Å². The Bertz CT molecular complexity index is 1280. The van der Waals surface area contributed by atoms with Crippen molar-refractivity contribution in [3.63, 3.8) is 0 Å². The molecular weight excluding hydrogens is 456 g/mol. The summed E-state index contributed by atoms with van der Waals surface area (Å²) in [5.41, 5.74) is 4.01. The van der Waals surface area contributed by atoms with E-state index in [9.17, 15) is 4.79 Å². The van der Waals surface area contributed by atoms with E-state index in [1.165, 1.54) is 11.8 Å². The first kappa shape index (κ1) is 23.2. The monoisotopic (exact) mass is 484 g/mol. The number of carbonyl (C=O) groups is 1. The highest BCUT2D eigenvalue weighted by atomic mass is 32.2. The van der Waals surface area contributed by atoms with E-state index in [2.05, 4.69) is 15.5 Å². The molecule has 1 fully saturated rings. The maximum atomic E-state index is 13.2. The van der Waals surface area contributed by atoms with Gasteiger partial charge in [-0.05, 0) is 55.5 Å². The average Bonchev–Trinajstić information content (AvgIpc) is 3.60. The van der Waals surface area contributed by atoms with Crippen molar-refractivity contribution in [2.75, 3.05) is 0 Å². The maximum absolute atomic E-state index is 13.2. The van der Waals surface area contributed by atoms with Crippen molar-refractivity contribution in [1.29, 1.82) is 0 Å². The fourth-order valence-electron chi connectivity index (χ4n) is 3.98. The Morgan fingerprint density at radius 3 is 2.29 bits per heavy atom. The van der Waals surface area contributed by atoms with Crippen molar-refractivity contribution in [1.82, 2.24) is 20.1 Å². The molecule has 7 heteroatoms. The Balaban J connectivity index is 1.48. The number of rotatable bonds is 9.